The zero-order valence-electron chi connectivity index (χ0n) is 9.06. The largest absolute Gasteiger partial charge is 0.511 e. The molecular weight excluding hydrogens is 206 g/mol. The maximum atomic E-state index is 11.7. The van der Waals surface area contributed by atoms with E-state index in [4.69, 9.17) is 4.74 Å². The fourth-order valence-electron chi connectivity index (χ4n) is 1.83. The van der Waals surface area contributed by atoms with Gasteiger partial charge in [0.05, 0.1) is 6.61 Å². The summed E-state index contributed by atoms with van der Waals surface area (Å²) in [5.41, 5.74) is 1.99. The van der Waals surface area contributed by atoms with Crippen molar-refractivity contribution in [3.8, 4) is 0 Å². The molecule has 16 heavy (non-hydrogen) atoms. The van der Waals surface area contributed by atoms with E-state index in [1.165, 1.54) is 0 Å². The molecule has 2 rings (SSSR count). The Morgan fingerprint density at radius 1 is 1.56 bits per heavy atom. The normalized spacial score (nSPS) is 14.6. The lowest BCUT2D eigenvalue weighted by molar-refractivity contribution is -0.136. The van der Waals surface area contributed by atoms with E-state index < -0.39 is 5.97 Å². The quantitative estimate of drug-likeness (QED) is 0.771. The molecule has 0 aliphatic heterocycles. The van der Waals surface area contributed by atoms with Crippen LogP contribution in [0.4, 0.5) is 0 Å². The van der Waals surface area contributed by atoms with Gasteiger partial charge in [-0.15, -0.1) is 0 Å². The van der Waals surface area contributed by atoms with Crippen LogP contribution in [0, 0.1) is 0 Å². The lowest BCUT2D eigenvalue weighted by Gasteiger charge is -2.18. The fourth-order valence-corrected chi connectivity index (χ4v) is 1.83. The molecule has 0 atom stereocenters. The van der Waals surface area contributed by atoms with Crippen LogP contribution >= 0.6 is 0 Å². The highest BCUT2D eigenvalue weighted by Crippen LogP contribution is 2.30. The molecule has 1 aliphatic carbocycles. The molecule has 4 heteroatoms. The van der Waals surface area contributed by atoms with Gasteiger partial charge < -0.3 is 9.84 Å². The van der Waals surface area contributed by atoms with Crippen LogP contribution in [0.25, 0.3) is 5.57 Å². The molecule has 1 heterocycles. The van der Waals surface area contributed by atoms with Crippen molar-refractivity contribution in [3.63, 3.8) is 0 Å². The third-order valence-electron chi connectivity index (χ3n) is 2.57. The molecular formula is C12H13NO3. The van der Waals surface area contributed by atoms with Crippen LogP contribution in [0.15, 0.2) is 24.2 Å². The van der Waals surface area contributed by atoms with Crippen LogP contribution in [-0.4, -0.2) is 22.7 Å². The Labute approximate surface area is 93.6 Å². The highest BCUT2D eigenvalue weighted by Gasteiger charge is 2.25. The predicted molar refractivity (Wildman–Crippen MR) is 58.7 cm³/mol. The van der Waals surface area contributed by atoms with Crippen molar-refractivity contribution in [1.29, 1.82) is 0 Å². The van der Waals surface area contributed by atoms with E-state index in [9.17, 15) is 9.90 Å². The first kappa shape index (κ1) is 10.7. The van der Waals surface area contributed by atoms with Crippen molar-refractivity contribution >= 4 is 11.5 Å². The molecule has 0 bridgehead atoms. The number of aromatic nitrogens is 1. The lowest BCUT2D eigenvalue weighted by atomic mass is 9.91. The minimum atomic E-state index is -0.466. The molecule has 84 valence electrons. The van der Waals surface area contributed by atoms with Crippen LogP contribution in [0.2, 0.25) is 0 Å². The van der Waals surface area contributed by atoms with Crippen molar-refractivity contribution < 1.29 is 14.6 Å². The number of hydrogen-bond acceptors (Lipinski definition) is 4. The molecule has 0 spiro atoms. The number of allylic oxidation sites excluding steroid dienone is 1. The van der Waals surface area contributed by atoms with E-state index in [0.29, 0.717) is 19.4 Å². The molecule has 0 radical (unpaired) electrons. The number of pyridine rings is 1. The van der Waals surface area contributed by atoms with Crippen molar-refractivity contribution in [2.45, 2.75) is 19.8 Å². The maximum Gasteiger partial charge on any atom is 0.342 e. The number of aliphatic hydroxyl groups excluding tert-OH is 1. The summed E-state index contributed by atoms with van der Waals surface area (Å²) in [5.74, 6) is -0.357. The Morgan fingerprint density at radius 2 is 2.38 bits per heavy atom. The zero-order chi connectivity index (χ0) is 11.5. The Balaban J connectivity index is 2.45. The Morgan fingerprint density at radius 3 is 3.12 bits per heavy atom. The SMILES string of the molecule is CCOC(=O)C1=C(O)CCc2cnccc21. The Bertz CT molecular complexity index is 451. The van der Waals surface area contributed by atoms with Gasteiger partial charge in [-0.25, -0.2) is 4.79 Å². The topological polar surface area (TPSA) is 59.4 Å². The number of hydrogen-bond donors (Lipinski definition) is 1. The van der Waals surface area contributed by atoms with Crippen molar-refractivity contribution in [2.75, 3.05) is 6.61 Å². The third-order valence-corrected chi connectivity index (χ3v) is 2.57. The average Bonchev–Trinajstić information content (AvgIpc) is 2.29. The van der Waals surface area contributed by atoms with E-state index >= 15 is 0 Å². The van der Waals surface area contributed by atoms with Gasteiger partial charge in [0, 0.05) is 18.8 Å². The Hall–Kier alpha value is -1.84. The first-order valence-corrected chi connectivity index (χ1v) is 5.26. The lowest BCUT2D eigenvalue weighted by Crippen LogP contribution is -2.15. The van der Waals surface area contributed by atoms with Crippen LogP contribution in [0.3, 0.4) is 0 Å². The third kappa shape index (κ3) is 1.78. The standard InChI is InChI=1S/C12H13NO3/c1-2-16-12(15)11-9-5-6-13-7-8(9)3-4-10(11)14/h5-7,14H,2-4H2,1H3. The highest BCUT2D eigenvalue weighted by atomic mass is 16.5. The molecule has 1 aromatic heterocycles. The van der Waals surface area contributed by atoms with Crippen molar-refractivity contribution in [2.24, 2.45) is 0 Å². The number of aryl methyl sites for hydroxylation is 1. The van der Waals surface area contributed by atoms with Gasteiger partial charge in [-0.3, -0.25) is 4.98 Å². The highest BCUT2D eigenvalue weighted by molar-refractivity contribution is 6.17. The Kier molecular flexibility index (Phi) is 2.90. The molecule has 1 N–H and O–H groups in total. The molecule has 4 nitrogen and oxygen atoms in total. The first-order valence-electron chi connectivity index (χ1n) is 5.26. The van der Waals surface area contributed by atoms with Gasteiger partial charge in [0.2, 0.25) is 0 Å². The van der Waals surface area contributed by atoms with Gasteiger partial charge in [-0.1, -0.05) is 0 Å². The molecule has 0 saturated heterocycles. The molecule has 0 aromatic carbocycles. The number of nitrogens with zero attached hydrogens (tertiary/aromatic N) is 1. The summed E-state index contributed by atoms with van der Waals surface area (Å²) < 4.78 is 4.93. The fraction of sp³-hybridized carbons (Fsp3) is 0.333. The van der Waals surface area contributed by atoms with Gasteiger partial charge in [-0.05, 0) is 30.5 Å². The van der Waals surface area contributed by atoms with E-state index in [1.54, 1.807) is 25.4 Å². The van der Waals surface area contributed by atoms with Crippen LogP contribution in [-0.2, 0) is 16.0 Å². The molecule has 0 fully saturated rings. The van der Waals surface area contributed by atoms with Gasteiger partial charge in [0.1, 0.15) is 11.3 Å². The number of rotatable bonds is 2. The maximum absolute atomic E-state index is 11.7. The van der Waals surface area contributed by atoms with E-state index in [2.05, 4.69) is 4.98 Å². The number of aliphatic hydroxyl groups is 1. The number of carbonyl (C=O) groups is 1. The number of ether oxygens (including phenoxy) is 1. The molecule has 0 amide bonds. The van der Waals surface area contributed by atoms with Gasteiger partial charge in [-0.2, -0.15) is 0 Å². The van der Waals surface area contributed by atoms with Crippen LogP contribution in [0.1, 0.15) is 24.5 Å². The van der Waals surface area contributed by atoms with E-state index in [0.717, 1.165) is 11.1 Å². The predicted octanol–water partition coefficient (Wildman–Crippen LogP) is 1.86. The zero-order valence-corrected chi connectivity index (χ0v) is 9.06. The monoisotopic (exact) mass is 219 g/mol. The second kappa shape index (κ2) is 4.35. The summed E-state index contributed by atoms with van der Waals surface area (Å²) in [7, 11) is 0. The van der Waals surface area contributed by atoms with Gasteiger partial charge in [0.15, 0.2) is 0 Å². The van der Waals surface area contributed by atoms with Gasteiger partial charge in [0.25, 0.3) is 0 Å². The summed E-state index contributed by atoms with van der Waals surface area (Å²) in [6.07, 6.45) is 4.50. The first-order chi connectivity index (χ1) is 7.74. The second-order valence-electron chi connectivity index (χ2n) is 3.57. The number of esters is 1. The molecule has 0 saturated carbocycles. The smallest absolute Gasteiger partial charge is 0.342 e. The summed E-state index contributed by atoms with van der Waals surface area (Å²) >= 11 is 0. The minimum Gasteiger partial charge on any atom is -0.511 e. The summed E-state index contributed by atoms with van der Waals surface area (Å²) in [6, 6.07) is 1.73. The summed E-state index contributed by atoms with van der Waals surface area (Å²) in [5, 5.41) is 9.77. The number of fused-ring (bicyclic) bond motifs is 1. The van der Waals surface area contributed by atoms with E-state index in [-0.39, 0.29) is 11.3 Å². The average molecular weight is 219 g/mol. The van der Waals surface area contributed by atoms with Crippen LogP contribution in [0.5, 0.6) is 0 Å². The van der Waals surface area contributed by atoms with Crippen molar-refractivity contribution in [3.05, 3.63) is 35.3 Å². The summed E-state index contributed by atoms with van der Waals surface area (Å²) in [6.45, 7) is 2.04. The second-order valence-corrected chi connectivity index (χ2v) is 3.57. The van der Waals surface area contributed by atoms with E-state index in [1.807, 2.05) is 0 Å². The number of carbonyl (C=O) groups excluding carboxylic acids is 1. The van der Waals surface area contributed by atoms with Crippen molar-refractivity contribution in [1.82, 2.24) is 4.98 Å². The minimum absolute atomic E-state index is 0.108. The molecule has 1 aromatic rings. The van der Waals surface area contributed by atoms with Gasteiger partial charge >= 0.3 is 5.97 Å². The summed E-state index contributed by atoms with van der Waals surface area (Å²) in [4.78, 5) is 15.7. The molecule has 0 unspecified atom stereocenters. The van der Waals surface area contributed by atoms with Crippen LogP contribution < -0.4 is 0 Å². The molecule has 1 aliphatic rings.